The van der Waals surface area contributed by atoms with Crippen molar-refractivity contribution in [3.05, 3.63) is 81.3 Å². The summed E-state index contributed by atoms with van der Waals surface area (Å²) in [6, 6.07) is 17.2. The van der Waals surface area contributed by atoms with E-state index in [1.807, 2.05) is 76.0 Å². The lowest BCUT2D eigenvalue weighted by molar-refractivity contribution is 0.414. The summed E-state index contributed by atoms with van der Waals surface area (Å²) in [5.41, 5.74) is 2.09. The van der Waals surface area contributed by atoms with Crippen LogP contribution in [0.2, 0.25) is 0 Å². The predicted octanol–water partition coefficient (Wildman–Crippen LogP) is 5.05. The number of methoxy groups -OCH3 is 2. The van der Waals surface area contributed by atoms with E-state index in [0.717, 1.165) is 22.6 Å². The topological polar surface area (TPSA) is 34.6 Å². The molecule has 0 fully saturated rings. The minimum atomic E-state index is -0.305. The number of benzene rings is 2. The van der Waals surface area contributed by atoms with Gasteiger partial charge in [-0.25, -0.2) is 9.37 Å². The normalized spacial score (nSPS) is 10.5. The Balaban J connectivity index is 1.90. The molecule has 0 saturated carbocycles. The molecule has 1 heterocycles. The van der Waals surface area contributed by atoms with Crippen molar-refractivity contribution in [1.82, 2.24) is 4.98 Å². The summed E-state index contributed by atoms with van der Waals surface area (Å²) in [4.78, 5) is 6.23. The summed E-state index contributed by atoms with van der Waals surface area (Å²) in [7, 11) is 3.27. The molecule has 4 nitrogen and oxygen atoms in total. The van der Waals surface area contributed by atoms with E-state index in [4.69, 9.17) is 9.47 Å². The molecule has 1 aromatic heterocycles. The van der Waals surface area contributed by atoms with Crippen molar-refractivity contribution >= 4 is 28.4 Å². The van der Waals surface area contributed by atoms with E-state index in [-0.39, 0.29) is 5.82 Å². The van der Waals surface area contributed by atoms with Crippen LogP contribution in [0.4, 0.5) is 10.2 Å². The van der Waals surface area contributed by atoms with Crippen molar-refractivity contribution in [2.75, 3.05) is 19.1 Å². The molecule has 0 atom stereocenters. The maximum Gasteiger partial charge on any atom is 0.178 e. The second kappa shape index (κ2) is 9.03. The van der Waals surface area contributed by atoms with E-state index >= 15 is 0 Å². The van der Waals surface area contributed by atoms with Crippen molar-refractivity contribution < 1.29 is 13.9 Å². The lowest BCUT2D eigenvalue weighted by Crippen LogP contribution is -2.24. The largest absolute Gasteiger partial charge is 0.497 e. The van der Waals surface area contributed by atoms with E-state index < -0.39 is 0 Å². The maximum atomic E-state index is 14.7. The number of aromatic nitrogens is 1. The van der Waals surface area contributed by atoms with Crippen molar-refractivity contribution in [3.8, 4) is 11.5 Å². The van der Waals surface area contributed by atoms with Crippen LogP contribution in [0.3, 0.4) is 0 Å². The molecule has 6 heteroatoms. The molecule has 140 valence electrons. The highest BCUT2D eigenvalue weighted by Gasteiger charge is 2.17. The van der Waals surface area contributed by atoms with Gasteiger partial charge in [0.05, 0.1) is 17.8 Å². The van der Waals surface area contributed by atoms with E-state index in [1.54, 1.807) is 26.5 Å². The molecule has 0 saturated heterocycles. The maximum absolute atomic E-state index is 14.7. The van der Waals surface area contributed by atoms with Gasteiger partial charge in [-0.3, -0.25) is 0 Å². The van der Waals surface area contributed by atoms with Crippen molar-refractivity contribution in [3.63, 3.8) is 0 Å². The SMILES string of the molecule is COc1ccc(CN(Cc2ccc(OC)cc2)c2nccc(I)c2F)cc1. The molecule has 3 aromatic rings. The molecule has 0 N–H and O–H groups in total. The van der Waals surface area contributed by atoms with Crippen LogP contribution in [0, 0.1) is 9.39 Å². The number of pyridine rings is 1. The fourth-order valence-corrected chi connectivity index (χ4v) is 3.14. The Morgan fingerprint density at radius 1 is 0.852 bits per heavy atom. The van der Waals surface area contributed by atoms with Gasteiger partial charge >= 0.3 is 0 Å². The third-order valence-corrected chi connectivity index (χ3v) is 5.02. The first-order valence-corrected chi connectivity index (χ1v) is 9.49. The molecule has 0 aliphatic rings. The van der Waals surface area contributed by atoms with Gasteiger partial charge in [0.2, 0.25) is 0 Å². The molecule has 0 unspecified atom stereocenters. The highest BCUT2D eigenvalue weighted by atomic mass is 127. The van der Waals surface area contributed by atoms with Gasteiger partial charge in [-0.15, -0.1) is 0 Å². The molecule has 0 radical (unpaired) electrons. The fraction of sp³-hybridized carbons (Fsp3) is 0.190. The molecule has 27 heavy (non-hydrogen) atoms. The highest BCUT2D eigenvalue weighted by Crippen LogP contribution is 2.25. The molecule has 0 bridgehead atoms. The van der Waals surface area contributed by atoms with E-state index in [0.29, 0.717) is 22.5 Å². The molecule has 3 rings (SSSR count). The molecular weight excluding hydrogens is 458 g/mol. The smallest absolute Gasteiger partial charge is 0.178 e. The average molecular weight is 478 g/mol. The Hall–Kier alpha value is -2.35. The first kappa shape index (κ1) is 19.4. The van der Waals surface area contributed by atoms with E-state index in [2.05, 4.69) is 4.98 Å². The Labute approximate surface area is 172 Å². The predicted molar refractivity (Wildman–Crippen MR) is 113 cm³/mol. The van der Waals surface area contributed by atoms with Crippen LogP contribution >= 0.6 is 22.6 Å². The first-order chi connectivity index (χ1) is 13.1. The van der Waals surface area contributed by atoms with Gasteiger partial charge in [-0.05, 0) is 64.0 Å². The Kier molecular flexibility index (Phi) is 6.49. The summed E-state index contributed by atoms with van der Waals surface area (Å²) >= 11 is 1.99. The lowest BCUT2D eigenvalue weighted by Gasteiger charge is -2.25. The molecule has 0 aliphatic carbocycles. The van der Waals surface area contributed by atoms with E-state index in [1.165, 1.54) is 0 Å². The van der Waals surface area contributed by atoms with Crippen LogP contribution in [-0.2, 0) is 13.1 Å². The van der Waals surface area contributed by atoms with Crippen LogP contribution in [0.15, 0.2) is 60.8 Å². The number of halogens is 2. The molecule has 2 aromatic carbocycles. The lowest BCUT2D eigenvalue weighted by atomic mass is 10.1. The summed E-state index contributed by atoms with van der Waals surface area (Å²) in [5, 5.41) is 0. The van der Waals surface area contributed by atoms with Crippen LogP contribution in [0.1, 0.15) is 11.1 Å². The standard InChI is InChI=1S/C21H20FIN2O2/c1-26-17-7-3-15(4-8-17)13-25(21-20(22)19(23)11-12-24-21)14-16-5-9-18(27-2)10-6-16/h3-12H,13-14H2,1-2H3. The van der Waals surface area contributed by atoms with Gasteiger partial charge < -0.3 is 14.4 Å². The summed E-state index contributed by atoms with van der Waals surface area (Å²) < 4.78 is 25.7. The van der Waals surface area contributed by atoms with Gasteiger partial charge in [0, 0.05) is 19.3 Å². The Morgan fingerprint density at radius 2 is 1.33 bits per heavy atom. The number of ether oxygens (including phenoxy) is 2. The number of rotatable bonds is 7. The zero-order chi connectivity index (χ0) is 19.2. The average Bonchev–Trinajstić information content (AvgIpc) is 2.71. The minimum Gasteiger partial charge on any atom is -0.497 e. The van der Waals surface area contributed by atoms with Gasteiger partial charge in [0.25, 0.3) is 0 Å². The summed E-state index contributed by atoms with van der Waals surface area (Å²) in [6.07, 6.45) is 1.63. The minimum absolute atomic E-state index is 0.305. The fourth-order valence-electron chi connectivity index (χ4n) is 2.74. The van der Waals surface area contributed by atoms with Gasteiger partial charge in [-0.2, -0.15) is 0 Å². The van der Waals surface area contributed by atoms with Crippen molar-refractivity contribution in [2.45, 2.75) is 13.1 Å². The first-order valence-electron chi connectivity index (χ1n) is 8.41. The zero-order valence-electron chi connectivity index (χ0n) is 15.2. The monoisotopic (exact) mass is 478 g/mol. The Bertz CT molecular complexity index is 836. The summed E-state index contributed by atoms with van der Waals surface area (Å²) in [5.74, 6) is 1.62. The quantitative estimate of drug-likeness (QED) is 0.446. The molecule has 0 aliphatic heterocycles. The summed E-state index contributed by atoms with van der Waals surface area (Å²) in [6.45, 7) is 1.06. The molecule has 0 amide bonds. The van der Waals surface area contributed by atoms with Gasteiger partial charge in [0.1, 0.15) is 11.5 Å². The second-order valence-electron chi connectivity index (χ2n) is 5.98. The van der Waals surface area contributed by atoms with Gasteiger partial charge in [0.15, 0.2) is 11.6 Å². The number of hydrogen-bond donors (Lipinski definition) is 0. The third kappa shape index (κ3) is 4.88. The third-order valence-electron chi connectivity index (χ3n) is 4.19. The zero-order valence-corrected chi connectivity index (χ0v) is 17.3. The van der Waals surface area contributed by atoms with Gasteiger partial charge in [-0.1, -0.05) is 24.3 Å². The van der Waals surface area contributed by atoms with Crippen molar-refractivity contribution in [1.29, 1.82) is 0 Å². The Morgan fingerprint density at radius 3 is 1.78 bits per heavy atom. The van der Waals surface area contributed by atoms with E-state index in [9.17, 15) is 4.39 Å². The highest BCUT2D eigenvalue weighted by molar-refractivity contribution is 14.1. The molecule has 0 spiro atoms. The van der Waals surface area contributed by atoms with Crippen LogP contribution in [0.5, 0.6) is 11.5 Å². The van der Waals surface area contributed by atoms with Crippen LogP contribution in [0.25, 0.3) is 0 Å². The van der Waals surface area contributed by atoms with Crippen molar-refractivity contribution in [2.24, 2.45) is 0 Å². The van der Waals surface area contributed by atoms with Crippen LogP contribution in [-0.4, -0.2) is 19.2 Å². The number of anilines is 1. The van der Waals surface area contributed by atoms with Crippen LogP contribution < -0.4 is 14.4 Å². The number of hydrogen-bond acceptors (Lipinski definition) is 4. The second-order valence-corrected chi connectivity index (χ2v) is 7.14. The molecular formula is C21H20FIN2O2. The number of nitrogens with zero attached hydrogens (tertiary/aromatic N) is 2.